The van der Waals surface area contributed by atoms with E-state index in [-0.39, 0.29) is 53.3 Å². The molecule has 11 N–H and O–H groups in total. The predicted octanol–water partition coefficient (Wildman–Crippen LogP) is 12.7. The van der Waals surface area contributed by atoms with E-state index in [1.54, 1.807) is 26.2 Å². The molecule has 8 aromatic heterocycles. The highest BCUT2D eigenvalue weighted by Crippen LogP contribution is 2.50. The largest absolute Gasteiger partial charge is 0.416 e. The van der Waals surface area contributed by atoms with Crippen molar-refractivity contribution in [3.8, 4) is 0 Å². The van der Waals surface area contributed by atoms with Crippen LogP contribution in [0.3, 0.4) is 0 Å². The van der Waals surface area contributed by atoms with Gasteiger partial charge in [-0.05, 0) is 252 Å². The van der Waals surface area contributed by atoms with Gasteiger partial charge in [0, 0.05) is 99.0 Å². The van der Waals surface area contributed by atoms with E-state index in [1.807, 2.05) is 47.9 Å². The maximum atomic E-state index is 14.1. The third kappa shape index (κ3) is 21.3. The molecule has 16 heterocycles. The first-order chi connectivity index (χ1) is 63.2. The zero-order valence-corrected chi connectivity index (χ0v) is 76.9. The smallest absolute Gasteiger partial charge is 0.396 e. The fraction of sp³-hybridized carbons (Fsp3) is 0.478. The fourth-order valence-corrected chi connectivity index (χ4v) is 22.2. The number of halogens is 4. The lowest BCUT2D eigenvalue weighted by molar-refractivity contribution is -0.137. The Hall–Kier alpha value is -10.7. The number of carbonyl (C=O) groups excluding carboxylic acids is 4. The highest BCUT2D eigenvalue weighted by Gasteiger charge is 2.43. The highest BCUT2D eigenvalue weighted by molar-refractivity contribution is 7.21. The lowest BCUT2D eigenvalue weighted by Gasteiger charge is -2.25. The van der Waals surface area contributed by atoms with Gasteiger partial charge in [0.25, 0.3) is 23.6 Å². The van der Waals surface area contributed by atoms with Crippen molar-refractivity contribution >= 4 is 156 Å². The first-order valence-corrected chi connectivity index (χ1v) is 48.2. The second-order valence-corrected chi connectivity index (χ2v) is 40.3. The van der Waals surface area contributed by atoms with Crippen LogP contribution >= 0.6 is 45.3 Å². The van der Waals surface area contributed by atoms with Crippen LogP contribution in [0.2, 0.25) is 0 Å². The number of piperidine rings is 4. The number of aromatic nitrogens is 12. The highest BCUT2D eigenvalue weighted by atomic mass is 32.1. The maximum Gasteiger partial charge on any atom is 0.416 e. The molecule has 31 nitrogen and oxygen atoms in total. The fourth-order valence-electron chi connectivity index (χ4n) is 18.9. The number of para-hydroxylation sites is 2. The molecule has 4 amide bonds. The Balaban J connectivity index is 0.000000122. The molecule has 8 aliphatic heterocycles. The molecule has 0 radical (unpaired) electrons. The molecule has 3 atom stereocenters. The van der Waals surface area contributed by atoms with Gasteiger partial charge < -0.3 is 77.5 Å². The molecule has 39 heteroatoms. The Morgan fingerprint density at radius 3 is 1.23 bits per heavy atom. The minimum absolute atomic E-state index is 0.0675. The molecule has 8 aliphatic rings. The Labute approximate surface area is 770 Å². The SMILES string of the molecule is CC(C)(O)CC1CN(c2ncnc3sc(C(=O)NCC4CCNCC4)nc23)c2ccc(F)cc21.CC(C)(O)CC1CN(c2ncnc3sc(C(=O)NCC4CCNCC4)nc23)c2ccccc21.CC1(CCO)CN(c2ncnc3sc(C(=O)NCC4CCNCC4)nc23)c2ccccc21.O=C(NCC1CCNCC1)c1nc2c(N3CCc4cc(C(F)(F)F)ccc43)ncnc2s1. The number of hydrogen-bond acceptors (Lipinski definition) is 31. The minimum Gasteiger partial charge on any atom is -0.396 e. The molecule has 690 valence electrons. The molecular weight excluding hydrogens is 1760 g/mol. The summed E-state index contributed by atoms with van der Waals surface area (Å²) in [6.45, 7) is 22.4. The van der Waals surface area contributed by atoms with Crippen LogP contribution in [-0.4, -0.2) is 221 Å². The van der Waals surface area contributed by atoms with Crippen LogP contribution in [0.4, 0.5) is 63.6 Å². The van der Waals surface area contributed by atoms with Gasteiger partial charge in [-0.15, -0.1) is 0 Å². The van der Waals surface area contributed by atoms with Crippen LogP contribution in [0, 0.1) is 29.5 Å². The molecule has 0 saturated carbocycles. The second kappa shape index (κ2) is 40.0. The summed E-state index contributed by atoms with van der Waals surface area (Å²) in [4.78, 5) is 116. The lowest BCUT2D eigenvalue weighted by Crippen LogP contribution is -2.35. The van der Waals surface area contributed by atoms with Crippen molar-refractivity contribution < 1.29 is 52.1 Å². The number of aliphatic hydroxyl groups is 3. The molecule has 20 rings (SSSR count). The van der Waals surface area contributed by atoms with E-state index < -0.39 is 22.9 Å². The lowest BCUT2D eigenvalue weighted by atomic mass is 9.82. The minimum atomic E-state index is -4.38. The number of aliphatic hydroxyl groups excluding tert-OH is 1. The van der Waals surface area contributed by atoms with Crippen LogP contribution in [0.25, 0.3) is 41.4 Å². The van der Waals surface area contributed by atoms with Crippen molar-refractivity contribution in [1.82, 2.24) is 102 Å². The first-order valence-electron chi connectivity index (χ1n) is 44.9. The second-order valence-electron chi connectivity index (χ2n) is 36.4. The van der Waals surface area contributed by atoms with Crippen LogP contribution < -0.4 is 62.1 Å². The van der Waals surface area contributed by atoms with Crippen molar-refractivity contribution in [2.45, 2.75) is 146 Å². The van der Waals surface area contributed by atoms with Crippen molar-refractivity contribution in [3.05, 3.63) is 164 Å². The molecule has 0 spiro atoms. The van der Waals surface area contributed by atoms with E-state index >= 15 is 0 Å². The number of amides is 4. The standard InChI is InChI=1S/C24H29FN6O2S.C24H30N6O2S.C23H28N6O2S.C21H21F3N6OS/c1-24(2,33)10-15-12-31(18-4-3-16(25)9-17(15)18)20-19-22(29-13-28-20)34-23(30-19)21(32)27-11-14-5-7-26-8-6-14;1-24(2,32)11-16-13-30(18-6-4-3-5-17(16)18)20-19-22(28-14-27-20)33-23(29-19)21(31)26-12-15-7-9-25-10-8-15;1-23(8-11-30)13-29(17-5-3-2-4-16(17)23)19-18-21(27-14-26-19)32-22(28-18)20(31)25-12-15-6-9-24-10-7-15;22-21(23,24)14-1-2-15-13(9-14)5-8-30(15)17-16-19(28-11-27-17)32-20(29-16)18(31)26-10-12-3-6-25-7-4-12/h3-4,9,13-15,26,33H,5-8,10-12H2,1-2H3,(H,27,32);3-6,14-16,25,32H,7-13H2,1-2H3,(H,26,31);2-5,14-15,24,30H,6-13H2,1H3,(H,25,31);1-2,9,11-12,25H,3-8,10H2,(H,26,31). The maximum absolute atomic E-state index is 14.1. The van der Waals surface area contributed by atoms with E-state index in [9.17, 15) is 52.1 Å². The summed E-state index contributed by atoms with van der Waals surface area (Å²) in [6, 6.07) is 24.9. The summed E-state index contributed by atoms with van der Waals surface area (Å²) in [6.07, 6.45) is 12.3. The Morgan fingerprint density at radius 1 is 0.458 bits per heavy atom. The number of anilines is 8. The van der Waals surface area contributed by atoms with Gasteiger partial charge in [-0.2, -0.15) is 13.2 Å². The monoisotopic (exact) mass is 1860 g/mol. The zero-order valence-electron chi connectivity index (χ0n) is 73.6. The third-order valence-corrected chi connectivity index (χ3v) is 29.4. The summed E-state index contributed by atoms with van der Waals surface area (Å²) >= 11 is 5.04. The average Bonchev–Trinajstić information content (AvgIpc) is 1.60. The molecule has 4 saturated heterocycles. The van der Waals surface area contributed by atoms with Gasteiger partial charge in [-0.1, -0.05) is 88.7 Å². The number of alkyl halides is 3. The number of nitrogens with one attached hydrogen (secondary N) is 8. The van der Waals surface area contributed by atoms with Crippen molar-refractivity contribution in [2.24, 2.45) is 23.7 Å². The molecule has 12 aromatic rings. The number of rotatable bonds is 22. The van der Waals surface area contributed by atoms with E-state index in [2.05, 4.69) is 143 Å². The predicted molar refractivity (Wildman–Crippen MR) is 501 cm³/mol. The molecule has 0 aliphatic carbocycles. The number of thiazole rings is 4. The van der Waals surface area contributed by atoms with E-state index in [0.717, 1.165) is 132 Å². The quantitative estimate of drug-likeness (QED) is 0.0281. The van der Waals surface area contributed by atoms with Crippen LogP contribution in [-0.2, 0) is 18.0 Å². The summed E-state index contributed by atoms with van der Waals surface area (Å²) in [7, 11) is 0. The van der Waals surface area contributed by atoms with Gasteiger partial charge in [0.1, 0.15) is 72.5 Å². The third-order valence-electron chi connectivity index (χ3n) is 25.5. The van der Waals surface area contributed by atoms with E-state index in [4.69, 9.17) is 0 Å². The van der Waals surface area contributed by atoms with Crippen molar-refractivity contribution in [1.29, 1.82) is 0 Å². The number of nitrogens with zero attached hydrogens (tertiary/aromatic N) is 16. The molecule has 4 fully saturated rings. The Kier molecular flexibility index (Phi) is 28.1. The molecular formula is C92H108F4N24O7S4. The normalized spacial score (nSPS) is 19.1. The summed E-state index contributed by atoms with van der Waals surface area (Å²) in [5, 5.41) is 57.4. The van der Waals surface area contributed by atoms with E-state index in [0.29, 0.717) is 198 Å². The molecule has 4 aromatic carbocycles. The van der Waals surface area contributed by atoms with Gasteiger partial charge in [0.2, 0.25) is 0 Å². The topological polar surface area (TPSA) is 393 Å². The summed E-state index contributed by atoms with van der Waals surface area (Å²) in [5.74, 6) is 3.51. The molecule has 3 unspecified atom stereocenters. The van der Waals surface area contributed by atoms with Crippen molar-refractivity contribution in [3.63, 3.8) is 0 Å². The van der Waals surface area contributed by atoms with Gasteiger partial charge in [-0.25, -0.2) is 64.2 Å². The van der Waals surface area contributed by atoms with Crippen molar-refractivity contribution in [2.75, 3.05) is 131 Å². The Morgan fingerprint density at radius 2 is 0.824 bits per heavy atom. The zero-order chi connectivity index (χ0) is 91.3. The number of carbonyl (C=O) groups is 4. The molecule has 0 bridgehead atoms. The van der Waals surface area contributed by atoms with Gasteiger partial charge in [0.15, 0.2) is 43.3 Å². The number of hydrogen-bond donors (Lipinski definition) is 11. The summed E-state index contributed by atoms with van der Waals surface area (Å²) in [5.41, 5.74) is 7.29. The number of fused-ring (bicyclic) bond motifs is 8. The summed E-state index contributed by atoms with van der Waals surface area (Å²) < 4.78 is 53.3. The van der Waals surface area contributed by atoms with Crippen LogP contribution in [0.15, 0.2) is 110 Å². The first kappa shape index (κ1) is 92.1. The van der Waals surface area contributed by atoms with Crippen LogP contribution in [0.5, 0.6) is 0 Å². The van der Waals surface area contributed by atoms with Gasteiger partial charge in [0.05, 0.1) is 16.8 Å². The van der Waals surface area contributed by atoms with Gasteiger partial charge >= 0.3 is 6.18 Å². The number of benzene rings is 4. The molecule has 131 heavy (non-hydrogen) atoms. The Bertz CT molecular complexity index is 6100. The van der Waals surface area contributed by atoms with Crippen LogP contribution in [0.1, 0.15) is 184 Å². The average molecular weight is 1870 g/mol. The van der Waals surface area contributed by atoms with Gasteiger partial charge in [-0.3, -0.25) is 19.2 Å². The van der Waals surface area contributed by atoms with E-state index in [1.165, 1.54) is 99.7 Å².